The topological polar surface area (TPSA) is 126 Å². The van der Waals surface area contributed by atoms with E-state index in [4.69, 9.17) is 20.3 Å². The molecule has 0 bridgehead atoms. The summed E-state index contributed by atoms with van der Waals surface area (Å²) in [5.74, 6) is 0.185. The number of hydrogen-bond donors (Lipinski definition) is 3. The molecule has 0 aromatic heterocycles. The summed E-state index contributed by atoms with van der Waals surface area (Å²) in [5.41, 5.74) is 8.74. The smallest absolute Gasteiger partial charge is 0.335 e. The molecule has 4 N–H and O–H groups in total. The highest BCUT2D eigenvalue weighted by atomic mass is 16.5. The Labute approximate surface area is 228 Å². The predicted octanol–water partition coefficient (Wildman–Crippen LogP) is 5.95. The van der Waals surface area contributed by atoms with E-state index in [9.17, 15) is 9.59 Å². The Bertz CT molecular complexity index is 1340. The third-order valence-electron chi connectivity index (χ3n) is 5.52. The first-order chi connectivity index (χ1) is 18.8. The number of nitrogens with zero attached hydrogens (tertiary/aromatic N) is 2. The molecule has 9 nitrogen and oxygen atoms in total. The fourth-order valence-corrected chi connectivity index (χ4v) is 3.50. The zero-order valence-electron chi connectivity index (χ0n) is 22.4. The van der Waals surface area contributed by atoms with Gasteiger partial charge in [-0.1, -0.05) is 38.1 Å². The number of carboxylic acid groups (broad SMARTS) is 1. The highest BCUT2D eigenvalue weighted by Gasteiger charge is 2.29. The van der Waals surface area contributed by atoms with Crippen molar-refractivity contribution < 1.29 is 24.2 Å². The molecule has 0 radical (unpaired) electrons. The van der Waals surface area contributed by atoms with Crippen LogP contribution < -0.4 is 25.5 Å². The Hall–Kier alpha value is -4.79. The van der Waals surface area contributed by atoms with Crippen molar-refractivity contribution in [2.45, 2.75) is 33.6 Å². The first-order valence-corrected chi connectivity index (χ1v) is 12.7. The van der Waals surface area contributed by atoms with Gasteiger partial charge in [0.1, 0.15) is 11.5 Å². The van der Waals surface area contributed by atoms with Crippen LogP contribution in [0, 0.1) is 0 Å². The summed E-state index contributed by atoms with van der Waals surface area (Å²) >= 11 is 0. The summed E-state index contributed by atoms with van der Waals surface area (Å²) in [6.45, 7) is 7.19. The summed E-state index contributed by atoms with van der Waals surface area (Å²) in [6, 6.07) is 21.0. The second-order valence-corrected chi connectivity index (χ2v) is 8.59. The number of nitrogens with two attached hydrogens (primary N) is 1. The maximum absolute atomic E-state index is 12.8. The molecule has 0 unspecified atom stereocenters. The number of carbonyl (C=O) groups is 2. The van der Waals surface area contributed by atoms with Crippen molar-refractivity contribution >= 4 is 34.7 Å². The van der Waals surface area contributed by atoms with Crippen molar-refractivity contribution in [3.8, 4) is 11.5 Å². The van der Waals surface area contributed by atoms with Crippen molar-refractivity contribution in [3.05, 3.63) is 90.1 Å². The van der Waals surface area contributed by atoms with Gasteiger partial charge in [-0.3, -0.25) is 4.79 Å². The summed E-state index contributed by atoms with van der Waals surface area (Å²) in [6.07, 6.45) is 3.52. The quantitative estimate of drug-likeness (QED) is 0.218. The first kappa shape index (κ1) is 28.8. The first-order valence-electron chi connectivity index (χ1n) is 12.7. The van der Waals surface area contributed by atoms with Gasteiger partial charge in [-0.05, 0) is 68.3 Å². The maximum Gasteiger partial charge on any atom is 0.335 e. The number of benzene rings is 3. The number of carbonyl (C=O) groups excluding carboxylic acids is 1. The summed E-state index contributed by atoms with van der Waals surface area (Å²) < 4.78 is 11.1. The van der Waals surface area contributed by atoms with Crippen molar-refractivity contribution in [2.24, 2.45) is 5.10 Å². The molecule has 0 aliphatic carbocycles. The van der Waals surface area contributed by atoms with E-state index in [0.717, 1.165) is 30.9 Å². The molecule has 4 rings (SSSR count). The van der Waals surface area contributed by atoms with Crippen LogP contribution in [0.1, 0.15) is 44.0 Å². The van der Waals surface area contributed by atoms with E-state index >= 15 is 0 Å². The Morgan fingerprint density at radius 3 is 2.15 bits per heavy atom. The van der Waals surface area contributed by atoms with E-state index in [0.29, 0.717) is 35.0 Å². The van der Waals surface area contributed by atoms with Gasteiger partial charge >= 0.3 is 5.97 Å². The minimum absolute atomic E-state index is 0.150. The fraction of sp³-hybridized carbons (Fsp3) is 0.233. The number of hydrogen-bond acceptors (Lipinski definition) is 7. The molecule has 204 valence electrons. The molecule has 0 atom stereocenters. The van der Waals surface area contributed by atoms with E-state index < -0.39 is 5.97 Å². The second-order valence-electron chi connectivity index (χ2n) is 8.59. The molecule has 39 heavy (non-hydrogen) atoms. The van der Waals surface area contributed by atoms with Crippen molar-refractivity contribution in [1.29, 1.82) is 0 Å². The van der Waals surface area contributed by atoms with Crippen LogP contribution in [0.15, 0.2) is 89.7 Å². The number of aromatic carboxylic acids is 1. The molecule has 3 aromatic rings. The van der Waals surface area contributed by atoms with Crippen LogP contribution in [0.4, 0.5) is 17.1 Å². The summed E-state index contributed by atoms with van der Waals surface area (Å²) in [4.78, 5) is 23.7. The normalized spacial score (nSPS) is 13.4. The van der Waals surface area contributed by atoms with Crippen molar-refractivity contribution in [3.63, 3.8) is 0 Å². The number of para-hydroxylation sites is 4. The standard InChI is InChI=1S/C21H21N3O4.C9H13NO/c1-3-12-28-19-7-5-4-6-18(19)22-13-17-14(2)23-24(20(17)25)16-10-8-15(9-11-16)21(26)27;1-2-7-11-9-6-4-3-5-8(9)10/h4-11,13,22H,3,12H2,1-2H3,(H,26,27);3-6H,2,7,10H2,1H3/b17-13-;. The molecule has 1 aliphatic heterocycles. The molecule has 3 aromatic carbocycles. The van der Waals surface area contributed by atoms with Crippen LogP contribution in [0.3, 0.4) is 0 Å². The maximum atomic E-state index is 12.8. The lowest BCUT2D eigenvalue weighted by molar-refractivity contribution is -0.114. The Kier molecular flexibility index (Phi) is 10.5. The van der Waals surface area contributed by atoms with Gasteiger partial charge in [0.15, 0.2) is 0 Å². The van der Waals surface area contributed by atoms with Crippen molar-refractivity contribution in [1.82, 2.24) is 0 Å². The largest absolute Gasteiger partial charge is 0.491 e. The highest BCUT2D eigenvalue weighted by Crippen LogP contribution is 2.27. The molecule has 0 spiro atoms. The third-order valence-corrected chi connectivity index (χ3v) is 5.52. The van der Waals surface area contributed by atoms with E-state index in [-0.39, 0.29) is 11.5 Å². The number of nitrogens with one attached hydrogen (secondary N) is 1. The summed E-state index contributed by atoms with van der Waals surface area (Å²) in [7, 11) is 0. The van der Waals surface area contributed by atoms with E-state index in [2.05, 4.69) is 17.3 Å². The number of nitrogen functional groups attached to an aromatic ring is 1. The number of hydrazone groups is 1. The number of carboxylic acids is 1. The zero-order valence-corrected chi connectivity index (χ0v) is 22.4. The van der Waals surface area contributed by atoms with Gasteiger partial charge in [0, 0.05) is 6.20 Å². The molecule has 1 aliphatic rings. The summed E-state index contributed by atoms with van der Waals surface area (Å²) in [5, 5.41) is 17.7. The predicted molar refractivity (Wildman–Crippen MR) is 155 cm³/mol. The molecule has 0 saturated heterocycles. The van der Waals surface area contributed by atoms with Gasteiger partial charge in [-0.25, -0.2) is 4.79 Å². The lowest BCUT2D eigenvalue weighted by Crippen LogP contribution is -2.21. The van der Waals surface area contributed by atoms with Crippen LogP contribution in [0.5, 0.6) is 11.5 Å². The minimum atomic E-state index is -1.02. The minimum Gasteiger partial charge on any atom is -0.491 e. The molecular formula is C30H34N4O5. The molecule has 0 fully saturated rings. The second kappa shape index (κ2) is 14.2. The SMILES string of the molecule is CCCOc1ccccc1N.CCCOc1ccccc1N/C=C1\C(=O)N(c2ccc(C(=O)O)cc2)N=C1C. The van der Waals surface area contributed by atoms with Gasteiger partial charge in [-0.2, -0.15) is 10.1 Å². The molecule has 0 saturated carbocycles. The Morgan fingerprint density at radius 2 is 1.54 bits per heavy atom. The van der Waals surface area contributed by atoms with Gasteiger partial charge in [0.2, 0.25) is 0 Å². The number of amides is 1. The average Bonchev–Trinajstić information content (AvgIpc) is 3.23. The molecule has 9 heteroatoms. The van der Waals surface area contributed by atoms with Gasteiger partial charge in [0.25, 0.3) is 5.91 Å². The monoisotopic (exact) mass is 530 g/mol. The van der Waals surface area contributed by atoms with Crippen LogP contribution >= 0.6 is 0 Å². The van der Waals surface area contributed by atoms with Gasteiger partial charge in [-0.15, -0.1) is 0 Å². The van der Waals surface area contributed by atoms with E-state index in [1.165, 1.54) is 17.1 Å². The number of rotatable bonds is 10. The highest BCUT2D eigenvalue weighted by molar-refractivity contribution is 6.29. The molecule has 1 amide bonds. The number of anilines is 3. The molecule has 1 heterocycles. The van der Waals surface area contributed by atoms with Gasteiger partial charge < -0.3 is 25.6 Å². The average molecular weight is 531 g/mol. The number of ether oxygens (including phenoxy) is 2. The zero-order chi connectivity index (χ0) is 28.2. The third kappa shape index (κ3) is 7.85. The van der Waals surface area contributed by atoms with Crippen LogP contribution in [-0.2, 0) is 4.79 Å². The van der Waals surface area contributed by atoms with E-state index in [1.54, 1.807) is 25.3 Å². The molecular weight excluding hydrogens is 496 g/mol. The van der Waals surface area contributed by atoms with Crippen LogP contribution in [-0.4, -0.2) is 35.9 Å². The Balaban J connectivity index is 0.000000320. The van der Waals surface area contributed by atoms with Crippen LogP contribution in [0.2, 0.25) is 0 Å². The lowest BCUT2D eigenvalue weighted by Gasteiger charge is -2.12. The van der Waals surface area contributed by atoms with Crippen LogP contribution in [0.25, 0.3) is 0 Å². The Morgan fingerprint density at radius 1 is 0.949 bits per heavy atom. The fourth-order valence-electron chi connectivity index (χ4n) is 3.50. The van der Waals surface area contributed by atoms with E-state index in [1.807, 2.05) is 55.5 Å². The van der Waals surface area contributed by atoms with Crippen molar-refractivity contribution in [2.75, 3.05) is 29.3 Å². The van der Waals surface area contributed by atoms with Gasteiger partial charge in [0.05, 0.1) is 47.1 Å². The lowest BCUT2D eigenvalue weighted by atomic mass is 10.1.